The largest absolute Gasteiger partial charge is 0.507 e. The SMILES string of the molecule is C=C(c1ccc(-c2ccc(-n3ccnc3)cc2O)nn1)[C@@H]1C[C@H]2CC[C@H](N2)C1F. The van der Waals surface area contributed by atoms with Gasteiger partial charge in [-0.1, -0.05) is 6.58 Å². The molecule has 0 spiro atoms. The summed E-state index contributed by atoms with van der Waals surface area (Å²) in [6.45, 7) is 4.13. The van der Waals surface area contributed by atoms with Gasteiger partial charge in [0, 0.05) is 42.0 Å². The molecule has 5 rings (SSSR count). The van der Waals surface area contributed by atoms with Gasteiger partial charge < -0.3 is 15.0 Å². The first-order valence-electron chi connectivity index (χ1n) is 9.85. The standard InChI is InChI=1S/C22H22FN5O/c1-13(17-10-14-2-5-20(25-14)22(17)23)18-6-7-19(27-26-18)16-4-3-15(11-21(16)29)28-9-8-24-12-28/h3-4,6-9,11-12,14,17,20,22,25,29H,1-2,5,10H2/t14-,17+,20+,22?/m1/s1. The van der Waals surface area contributed by atoms with Gasteiger partial charge in [-0.2, -0.15) is 5.10 Å². The van der Waals surface area contributed by atoms with Crippen LogP contribution in [0.3, 0.4) is 0 Å². The highest BCUT2D eigenvalue weighted by molar-refractivity contribution is 5.70. The number of alkyl halides is 1. The molecule has 2 fully saturated rings. The third-order valence-electron chi connectivity index (χ3n) is 6.08. The number of benzene rings is 1. The van der Waals surface area contributed by atoms with Crippen molar-refractivity contribution in [2.45, 2.75) is 37.5 Å². The van der Waals surface area contributed by atoms with Crippen LogP contribution in [0.25, 0.3) is 22.5 Å². The van der Waals surface area contributed by atoms with Gasteiger partial charge in [0.15, 0.2) is 0 Å². The number of hydrogen-bond donors (Lipinski definition) is 2. The van der Waals surface area contributed by atoms with Gasteiger partial charge in [-0.15, -0.1) is 5.10 Å². The van der Waals surface area contributed by atoms with E-state index in [1.807, 2.05) is 16.7 Å². The van der Waals surface area contributed by atoms with Crippen LogP contribution in [-0.4, -0.2) is 43.1 Å². The van der Waals surface area contributed by atoms with Gasteiger partial charge in [-0.3, -0.25) is 0 Å². The lowest BCUT2D eigenvalue weighted by Crippen LogP contribution is -2.47. The number of phenolic OH excluding ortho intramolecular Hbond substituents is 1. The Hall–Kier alpha value is -3.06. The molecule has 2 saturated heterocycles. The first kappa shape index (κ1) is 18.0. The van der Waals surface area contributed by atoms with E-state index in [1.165, 1.54) is 0 Å². The molecule has 2 aromatic heterocycles. The van der Waals surface area contributed by atoms with Crippen molar-refractivity contribution in [2.24, 2.45) is 5.92 Å². The molecule has 1 aromatic carbocycles. The molecule has 0 radical (unpaired) electrons. The predicted molar refractivity (Wildman–Crippen MR) is 108 cm³/mol. The molecule has 2 N–H and O–H groups in total. The van der Waals surface area contributed by atoms with Crippen molar-refractivity contribution in [3.05, 3.63) is 61.3 Å². The number of nitrogens with zero attached hydrogens (tertiary/aromatic N) is 4. The summed E-state index contributed by atoms with van der Waals surface area (Å²) in [5.41, 5.74) is 3.25. The molecule has 6 nitrogen and oxygen atoms in total. The average Bonchev–Trinajstić information content (AvgIpc) is 3.41. The Balaban J connectivity index is 1.37. The molecular weight excluding hydrogens is 369 g/mol. The third-order valence-corrected chi connectivity index (χ3v) is 6.08. The van der Waals surface area contributed by atoms with E-state index in [0.29, 0.717) is 28.6 Å². The molecule has 0 aliphatic carbocycles. The summed E-state index contributed by atoms with van der Waals surface area (Å²) in [5, 5.41) is 22.3. The highest BCUT2D eigenvalue weighted by Crippen LogP contribution is 2.39. The summed E-state index contributed by atoms with van der Waals surface area (Å²) < 4.78 is 16.6. The minimum absolute atomic E-state index is 0.0753. The summed E-state index contributed by atoms with van der Waals surface area (Å²) in [6.07, 6.45) is 6.86. The van der Waals surface area contributed by atoms with Crippen LogP contribution in [0.1, 0.15) is 25.0 Å². The lowest BCUT2D eigenvalue weighted by atomic mass is 9.83. The van der Waals surface area contributed by atoms with Crippen molar-refractivity contribution in [1.82, 2.24) is 25.1 Å². The zero-order chi connectivity index (χ0) is 20.0. The molecule has 4 heterocycles. The Morgan fingerprint density at radius 1 is 1.21 bits per heavy atom. The van der Waals surface area contributed by atoms with Crippen molar-refractivity contribution < 1.29 is 9.50 Å². The topological polar surface area (TPSA) is 75.9 Å². The normalized spacial score (nSPS) is 25.8. The molecule has 4 atom stereocenters. The highest BCUT2D eigenvalue weighted by Gasteiger charge is 2.43. The fourth-order valence-corrected chi connectivity index (χ4v) is 4.48. The first-order valence-corrected chi connectivity index (χ1v) is 9.85. The van der Waals surface area contributed by atoms with E-state index < -0.39 is 6.17 Å². The molecule has 2 aliphatic rings. The Morgan fingerprint density at radius 2 is 2.10 bits per heavy atom. The van der Waals surface area contributed by atoms with Crippen molar-refractivity contribution in [1.29, 1.82) is 0 Å². The molecule has 1 unspecified atom stereocenters. The molecule has 29 heavy (non-hydrogen) atoms. The number of allylic oxidation sites excluding steroid dienone is 1. The van der Waals surface area contributed by atoms with Gasteiger partial charge in [0.2, 0.25) is 0 Å². The van der Waals surface area contributed by atoms with Crippen molar-refractivity contribution in [3.8, 4) is 22.7 Å². The van der Waals surface area contributed by atoms with Crippen LogP contribution in [0.5, 0.6) is 5.75 Å². The number of phenols is 1. The zero-order valence-corrected chi connectivity index (χ0v) is 15.9. The monoisotopic (exact) mass is 391 g/mol. The number of imidazole rings is 1. The second-order valence-electron chi connectivity index (χ2n) is 7.83. The number of aromatic hydroxyl groups is 1. The third kappa shape index (κ3) is 3.21. The van der Waals surface area contributed by atoms with Crippen LogP contribution in [0.2, 0.25) is 0 Å². The summed E-state index contributed by atoms with van der Waals surface area (Å²) in [6, 6.07) is 9.23. The lowest BCUT2D eigenvalue weighted by Gasteiger charge is -2.33. The number of rotatable bonds is 4. The Bertz CT molecular complexity index is 1030. The van der Waals surface area contributed by atoms with Gasteiger partial charge in [0.25, 0.3) is 0 Å². The van der Waals surface area contributed by atoms with Crippen LogP contribution in [0, 0.1) is 5.92 Å². The summed E-state index contributed by atoms with van der Waals surface area (Å²) in [5.74, 6) is -0.118. The maximum absolute atomic E-state index is 14.8. The van der Waals surface area contributed by atoms with E-state index >= 15 is 0 Å². The van der Waals surface area contributed by atoms with Crippen molar-refractivity contribution >= 4 is 5.57 Å². The maximum atomic E-state index is 14.8. The number of nitrogens with one attached hydrogen (secondary N) is 1. The number of piperidine rings is 1. The first-order chi connectivity index (χ1) is 14.1. The van der Waals surface area contributed by atoms with Crippen molar-refractivity contribution in [2.75, 3.05) is 0 Å². The molecule has 3 aromatic rings. The van der Waals surface area contributed by atoms with Gasteiger partial charge >= 0.3 is 0 Å². The van der Waals surface area contributed by atoms with Crippen LogP contribution in [0.4, 0.5) is 4.39 Å². The van der Waals surface area contributed by atoms with E-state index in [4.69, 9.17) is 0 Å². The second kappa shape index (κ2) is 7.08. The van der Waals surface area contributed by atoms with Crippen molar-refractivity contribution in [3.63, 3.8) is 0 Å². The molecular formula is C22H22FN5O. The number of aromatic nitrogens is 4. The van der Waals surface area contributed by atoms with Gasteiger partial charge in [-0.25, -0.2) is 9.37 Å². The number of fused-ring (bicyclic) bond motifs is 2. The fourth-order valence-electron chi connectivity index (χ4n) is 4.48. The predicted octanol–water partition coefficient (Wildman–Crippen LogP) is 3.53. The van der Waals surface area contributed by atoms with Gasteiger partial charge in [0.05, 0.1) is 23.4 Å². The minimum Gasteiger partial charge on any atom is -0.507 e. The second-order valence-corrected chi connectivity index (χ2v) is 7.83. The average molecular weight is 391 g/mol. The molecule has 0 saturated carbocycles. The highest BCUT2D eigenvalue weighted by atomic mass is 19.1. The zero-order valence-electron chi connectivity index (χ0n) is 15.9. The Labute approximate surface area is 168 Å². The van der Waals surface area contributed by atoms with Crippen LogP contribution in [-0.2, 0) is 0 Å². The summed E-state index contributed by atoms with van der Waals surface area (Å²) in [7, 11) is 0. The van der Waals surface area contributed by atoms with Crippen LogP contribution < -0.4 is 5.32 Å². The number of hydrogen-bond acceptors (Lipinski definition) is 5. The molecule has 2 aliphatic heterocycles. The van der Waals surface area contributed by atoms with E-state index in [1.54, 1.807) is 36.9 Å². The quantitative estimate of drug-likeness (QED) is 0.712. The molecule has 2 bridgehead atoms. The fraction of sp³-hybridized carbons (Fsp3) is 0.318. The summed E-state index contributed by atoms with van der Waals surface area (Å²) >= 11 is 0. The summed E-state index contributed by atoms with van der Waals surface area (Å²) in [4.78, 5) is 4.01. The van der Waals surface area contributed by atoms with Gasteiger partial charge in [-0.05, 0) is 49.1 Å². The molecule has 7 heteroatoms. The number of halogens is 1. The van der Waals surface area contributed by atoms with Gasteiger partial charge in [0.1, 0.15) is 11.9 Å². The van der Waals surface area contributed by atoms with E-state index in [-0.39, 0.29) is 17.7 Å². The van der Waals surface area contributed by atoms with E-state index in [2.05, 4.69) is 27.1 Å². The smallest absolute Gasteiger partial charge is 0.127 e. The lowest BCUT2D eigenvalue weighted by molar-refractivity contribution is 0.167. The van der Waals surface area contributed by atoms with E-state index in [9.17, 15) is 9.50 Å². The minimum atomic E-state index is -0.942. The Kier molecular flexibility index (Phi) is 4.39. The van der Waals surface area contributed by atoms with E-state index in [0.717, 1.165) is 24.9 Å². The maximum Gasteiger partial charge on any atom is 0.127 e. The van der Waals surface area contributed by atoms with Crippen LogP contribution >= 0.6 is 0 Å². The molecule has 148 valence electrons. The molecule has 0 amide bonds. The van der Waals surface area contributed by atoms with Crippen LogP contribution in [0.15, 0.2) is 55.6 Å². The Morgan fingerprint density at radius 3 is 2.83 bits per heavy atom.